The highest BCUT2D eigenvalue weighted by molar-refractivity contribution is 5.95. The molecule has 2 heterocycles. The van der Waals surface area contributed by atoms with Gasteiger partial charge in [0.2, 0.25) is 0 Å². The molecular formula is C26H27N3O5. The number of hydrogen-bond donors (Lipinski definition) is 1. The van der Waals surface area contributed by atoms with Crippen LogP contribution in [0.4, 0.5) is 4.79 Å². The lowest BCUT2D eigenvalue weighted by Gasteiger charge is -2.32. The summed E-state index contributed by atoms with van der Waals surface area (Å²) < 4.78 is 11.7. The lowest BCUT2D eigenvalue weighted by atomic mass is 10.0. The van der Waals surface area contributed by atoms with Crippen LogP contribution in [0.2, 0.25) is 0 Å². The molecule has 0 atom stereocenters. The Morgan fingerprint density at radius 1 is 0.912 bits per heavy atom. The number of hydrogen-bond acceptors (Lipinski definition) is 5. The second kappa shape index (κ2) is 10.7. The molecule has 34 heavy (non-hydrogen) atoms. The number of nitrogens with one attached hydrogen (secondary N) is 1. The summed E-state index contributed by atoms with van der Waals surface area (Å²) in [5.74, 6) is 0.109. The Morgan fingerprint density at radius 2 is 1.53 bits per heavy atom. The van der Waals surface area contributed by atoms with E-state index >= 15 is 0 Å². The lowest BCUT2D eigenvalue weighted by molar-refractivity contribution is 0.0698. The van der Waals surface area contributed by atoms with E-state index in [-0.39, 0.29) is 24.5 Å². The number of carbonyl (C=O) groups excluding carboxylic acids is 3. The normalized spacial score (nSPS) is 13.9. The van der Waals surface area contributed by atoms with E-state index in [4.69, 9.17) is 9.47 Å². The van der Waals surface area contributed by atoms with Crippen LogP contribution in [0.25, 0.3) is 5.69 Å². The first-order valence-electron chi connectivity index (χ1n) is 11.3. The second-order valence-electron chi connectivity index (χ2n) is 7.99. The minimum atomic E-state index is -0.780. The number of carbonyl (C=O) groups is 3. The number of benzene rings is 2. The van der Waals surface area contributed by atoms with Crippen LogP contribution in [0.1, 0.15) is 40.5 Å². The van der Waals surface area contributed by atoms with E-state index in [0.717, 1.165) is 5.69 Å². The van der Waals surface area contributed by atoms with Gasteiger partial charge in [0.15, 0.2) is 0 Å². The zero-order valence-corrected chi connectivity index (χ0v) is 19.0. The molecule has 1 saturated heterocycles. The van der Waals surface area contributed by atoms with Gasteiger partial charge in [-0.1, -0.05) is 0 Å². The van der Waals surface area contributed by atoms with Crippen LogP contribution < -0.4 is 10.1 Å². The predicted molar refractivity (Wildman–Crippen MR) is 126 cm³/mol. The first kappa shape index (κ1) is 23.1. The maximum absolute atomic E-state index is 12.9. The fourth-order valence-electron chi connectivity index (χ4n) is 3.88. The number of ether oxygens (including phenoxy) is 2. The van der Waals surface area contributed by atoms with Crippen LogP contribution in [0, 0.1) is 0 Å². The Kier molecular flexibility index (Phi) is 7.27. The molecule has 0 radical (unpaired) electrons. The van der Waals surface area contributed by atoms with Crippen LogP contribution in [0.3, 0.4) is 0 Å². The zero-order valence-electron chi connectivity index (χ0n) is 19.0. The number of nitrogens with zero attached hydrogens (tertiary/aromatic N) is 2. The summed E-state index contributed by atoms with van der Waals surface area (Å²) in [5, 5.41) is 3.03. The third-order valence-electron chi connectivity index (χ3n) is 5.71. The van der Waals surface area contributed by atoms with Crippen LogP contribution >= 0.6 is 0 Å². The van der Waals surface area contributed by atoms with Gasteiger partial charge in [0.05, 0.1) is 6.61 Å². The van der Waals surface area contributed by atoms with Crippen molar-refractivity contribution < 1.29 is 23.9 Å². The molecule has 0 bridgehead atoms. The Hall–Kier alpha value is -4.07. The van der Waals surface area contributed by atoms with E-state index in [2.05, 4.69) is 5.32 Å². The first-order valence-corrected chi connectivity index (χ1v) is 11.3. The van der Waals surface area contributed by atoms with Crippen molar-refractivity contribution in [1.82, 2.24) is 14.8 Å². The van der Waals surface area contributed by atoms with Gasteiger partial charge in [-0.2, -0.15) is 0 Å². The second-order valence-corrected chi connectivity index (χ2v) is 7.99. The molecule has 3 aromatic rings. The third-order valence-corrected chi connectivity index (χ3v) is 5.71. The molecule has 1 N–H and O–H groups in total. The summed E-state index contributed by atoms with van der Waals surface area (Å²) in [6.07, 6.45) is 4.51. The topological polar surface area (TPSA) is 89.9 Å². The Labute approximate surface area is 198 Å². The van der Waals surface area contributed by atoms with Gasteiger partial charge in [-0.05, 0) is 80.4 Å². The molecule has 8 heteroatoms. The van der Waals surface area contributed by atoms with Crippen molar-refractivity contribution in [2.75, 3.05) is 19.7 Å². The summed E-state index contributed by atoms with van der Waals surface area (Å²) in [4.78, 5) is 38.7. The molecular weight excluding hydrogens is 434 g/mol. The van der Waals surface area contributed by atoms with Gasteiger partial charge in [0, 0.05) is 48.3 Å². The number of likely N-dealkylation sites (tertiary alicyclic amines) is 1. The van der Waals surface area contributed by atoms with Crippen molar-refractivity contribution in [3.05, 3.63) is 84.2 Å². The summed E-state index contributed by atoms with van der Waals surface area (Å²) in [6.45, 7) is 3.08. The molecule has 0 aliphatic carbocycles. The van der Waals surface area contributed by atoms with Crippen molar-refractivity contribution >= 4 is 18.0 Å². The van der Waals surface area contributed by atoms with Gasteiger partial charge in [-0.3, -0.25) is 9.59 Å². The van der Waals surface area contributed by atoms with Crippen LogP contribution in [-0.2, 0) is 4.74 Å². The third kappa shape index (κ3) is 5.64. The SMILES string of the molecule is CCOC(=O)Oc1ccc(C(=O)NC2CCN(C(=O)c3ccc(-n4cccc4)cc3)CC2)cc1. The van der Waals surface area contributed by atoms with E-state index in [0.29, 0.717) is 42.8 Å². The highest BCUT2D eigenvalue weighted by Gasteiger charge is 2.25. The van der Waals surface area contributed by atoms with Crippen molar-refractivity contribution in [3.63, 3.8) is 0 Å². The predicted octanol–water partition coefficient (Wildman–Crippen LogP) is 4.05. The van der Waals surface area contributed by atoms with E-state index in [1.54, 1.807) is 31.2 Å². The summed E-state index contributed by atoms with van der Waals surface area (Å²) in [7, 11) is 0. The fourth-order valence-corrected chi connectivity index (χ4v) is 3.88. The molecule has 1 aliphatic heterocycles. The van der Waals surface area contributed by atoms with Crippen molar-refractivity contribution in [1.29, 1.82) is 0 Å². The molecule has 2 amide bonds. The highest BCUT2D eigenvalue weighted by Crippen LogP contribution is 2.18. The monoisotopic (exact) mass is 461 g/mol. The lowest BCUT2D eigenvalue weighted by Crippen LogP contribution is -2.46. The quantitative estimate of drug-likeness (QED) is 0.442. The van der Waals surface area contributed by atoms with Gasteiger partial charge in [-0.25, -0.2) is 4.79 Å². The smallest absolute Gasteiger partial charge is 0.434 e. The molecule has 176 valence electrons. The van der Waals surface area contributed by atoms with Crippen LogP contribution in [0.15, 0.2) is 73.1 Å². The van der Waals surface area contributed by atoms with Crippen molar-refractivity contribution in [3.8, 4) is 11.4 Å². The van der Waals surface area contributed by atoms with Crippen molar-refractivity contribution in [2.24, 2.45) is 0 Å². The van der Waals surface area contributed by atoms with Crippen molar-refractivity contribution in [2.45, 2.75) is 25.8 Å². The maximum Gasteiger partial charge on any atom is 0.513 e. The van der Waals surface area contributed by atoms with Gasteiger partial charge >= 0.3 is 6.16 Å². The molecule has 2 aromatic carbocycles. The summed E-state index contributed by atoms with van der Waals surface area (Å²) in [5.41, 5.74) is 2.13. The van der Waals surface area contributed by atoms with E-state index in [1.807, 2.05) is 58.3 Å². The molecule has 0 saturated carbocycles. The molecule has 1 aliphatic rings. The molecule has 8 nitrogen and oxygen atoms in total. The average molecular weight is 462 g/mol. The van der Waals surface area contributed by atoms with Gasteiger partial charge < -0.3 is 24.3 Å². The highest BCUT2D eigenvalue weighted by atomic mass is 16.7. The van der Waals surface area contributed by atoms with E-state index in [1.165, 1.54) is 0 Å². The Morgan fingerprint density at radius 3 is 2.15 bits per heavy atom. The van der Waals surface area contributed by atoms with Gasteiger partial charge in [-0.15, -0.1) is 0 Å². The molecule has 4 rings (SSSR count). The molecule has 0 spiro atoms. The minimum absolute atomic E-state index is 0.000946. The van der Waals surface area contributed by atoms with E-state index < -0.39 is 6.16 Å². The number of amides is 2. The molecule has 1 fully saturated rings. The fraction of sp³-hybridized carbons (Fsp3) is 0.269. The van der Waals surface area contributed by atoms with E-state index in [9.17, 15) is 14.4 Å². The molecule has 1 aromatic heterocycles. The maximum atomic E-state index is 12.9. The van der Waals surface area contributed by atoms with Crippen LogP contribution in [-0.4, -0.2) is 53.2 Å². The Bertz CT molecular complexity index is 1120. The standard InChI is InChI=1S/C26H27N3O5/c1-2-33-26(32)34-23-11-7-19(8-12-23)24(30)27-21-13-17-29(18-14-21)25(31)20-5-9-22(10-6-20)28-15-3-4-16-28/h3-12,15-16,21H,2,13-14,17-18H2,1H3,(H,27,30). The molecule has 0 unspecified atom stereocenters. The number of aromatic nitrogens is 1. The van der Waals surface area contributed by atoms with Crippen LogP contribution in [0.5, 0.6) is 5.75 Å². The van der Waals surface area contributed by atoms with Gasteiger partial charge in [0.25, 0.3) is 11.8 Å². The average Bonchev–Trinajstić information content (AvgIpc) is 3.40. The first-order chi connectivity index (χ1) is 16.5. The summed E-state index contributed by atoms with van der Waals surface area (Å²) in [6, 6.07) is 17.8. The zero-order chi connectivity index (χ0) is 23.9. The number of rotatable bonds is 6. The van der Waals surface area contributed by atoms with Gasteiger partial charge in [0.1, 0.15) is 5.75 Å². The summed E-state index contributed by atoms with van der Waals surface area (Å²) >= 11 is 0. The largest absolute Gasteiger partial charge is 0.513 e. The Balaban J connectivity index is 1.26. The minimum Gasteiger partial charge on any atom is -0.434 e. The number of piperidine rings is 1.